The summed E-state index contributed by atoms with van der Waals surface area (Å²) in [5.41, 5.74) is 0.517. The quantitative estimate of drug-likeness (QED) is 0.774. The zero-order valence-corrected chi connectivity index (χ0v) is 14.7. The molecule has 1 fully saturated rings. The SMILES string of the molecule is CC(C)(C)Cn1c(O)c(C(=O)NC2CC2)c(=O)n2nc3c(c12)CCN3. The van der Waals surface area contributed by atoms with Gasteiger partial charge in [0, 0.05) is 24.7 Å². The van der Waals surface area contributed by atoms with Gasteiger partial charge in [0.2, 0.25) is 5.88 Å². The Morgan fingerprint density at radius 2 is 2.12 bits per heavy atom. The van der Waals surface area contributed by atoms with E-state index in [4.69, 9.17) is 0 Å². The smallest absolute Gasteiger partial charge is 0.291 e. The lowest BCUT2D eigenvalue weighted by Crippen LogP contribution is -2.35. The predicted octanol–water partition coefficient (Wildman–Crippen LogP) is 1.11. The largest absolute Gasteiger partial charge is 0.494 e. The van der Waals surface area contributed by atoms with Gasteiger partial charge >= 0.3 is 0 Å². The molecule has 0 radical (unpaired) electrons. The van der Waals surface area contributed by atoms with Crippen molar-refractivity contribution >= 4 is 17.4 Å². The summed E-state index contributed by atoms with van der Waals surface area (Å²) in [6, 6.07) is 0.0994. The van der Waals surface area contributed by atoms with Crippen molar-refractivity contribution in [3.8, 4) is 5.88 Å². The molecule has 0 unspecified atom stereocenters. The van der Waals surface area contributed by atoms with Gasteiger partial charge in [0.15, 0.2) is 11.4 Å². The zero-order valence-electron chi connectivity index (χ0n) is 14.7. The number of hydrogen-bond acceptors (Lipinski definition) is 5. The second kappa shape index (κ2) is 5.24. The predicted molar refractivity (Wildman–Crippen MR) is 93.3 cm³/mol. The number of anilines is 1. The molecule has 1 amide bonds. The third-order valence-corrected chi connectivity index (χ3v) is 4.54. The fourth-order valence-electron chi connectivity index (χ4n) is 3.28. The summed E-state index contributed by atoms with van der Waals surface area (Å²) >= 11 is 0. The van der Waals surface area contributed by atoms with Crippen LogP contribution < -0.4 is 16.2 Å². The highest BCUT2D eigenvalue weighted by atomic mass is 16.3. The van der Waals surface area contributed by atoms with Crippen molar-refractivity contribution in [2.24, 2.45) is 5.41 Å². The molecule has 0 saturated heterocycles. The molecule has 1 saturated carbocycles. The van der Waals surface area contributed by atoms with Crippen LogP contribution in [-0.2, 0) is 13.0 Å². The molecule has 1 aliphatic carbocycles. The van der Waals surface area contributed by atoms with Crippen LogP contribution in [0.25, 0.3) is 5.65 Å². The van der Waals surface area contributed by atoms with E-state index in [1.807, 2.05) is 20.8 Å². The Kier molecular flexibility index (Phi) is 3.35. The number of nitrogens with one attached hydrogen (secondary N) is 2. The molecule has 1 aliphatic heterocycles. The van der Waals surface area contributed by atoms with Crippen molar-refractivity contribution in [2.45, 2.75) is 52.6 Å². The van der Waals surface area contributed by atoms with Crippen LogP contribution in [0.5, 0.6) is 5.88 Å². The minimum atomic E-state index is -0.577. The number of aromatic nitrogens is 3. The summed E-state index contributed by atoms with van der Waals surface area (Å²) in [7, 11) is 0. The summed E-state index contributed by atoms with van der Waals surface area (Å²) in [6.45, 7) is 7.34. The highest BCUT2D eigenvalue weighted by molar-refractivity contribution is 5.96. The molecule has 2 aliphatic rings. The molecule has 0 aromatic carbocycles. The maximum Gasteiger partial charge on any atom is 0.291 e. The third kappa shape index (κ3) is 2.65. The number of hydrogen-bond donors (Lipinski definition) is 3. The van der Waals surface area contributed by atoms with Gasteiger partial charge in [-0.2, -0.15) is 4.52 Å². The molecule has 8 heteroatoms. The molecule has 4 rings (SSSR count). The first-order valence-corrected chi connectivity index (χ1v) is 8.68. The van der Waals surface area contributed by atoms with Gasteiger partial charge in [-0.25, -0.2) is 0 Å². The fraction of sp³-hybridized carbons (Fsp3) is 0.588. The van der Waals surface area contributed by atoms with Gasteiger partial charge in [-0.05, 0) is 24.7 Å². The first-order chi connectivity index (χ1) is 11.8. The molecule has 2 aromatic heterocycles. The van der Waals surface area contributed by atoms with Crippen molar-refractivity contribution in [2.75, 3.05) is 11.9 Å². The van der Waals surface area contributed by atoms with E-state index < -0.39 is 11.5 Å². The van der Waals surface area contributed by atoms with E-state index in [9.17, 15) is 14.7 Å². The molecule has 3 heterocycles. The van der Waals surface area contributed by atoms with Gasteiger partial charge in [0.05, 0.1) is 0 Å². The topological polar surface area (TPSA) is 101 Å². The van der Waals surface area contributed by atoms with Crippen LogP contribution in [0.3, 0.4) is 0 Å². The second-order valence-corrected chi connectivity index (χ2v) is 8.14. The van der Waals surface area contributed by atoms with Crippen LogP contribution in [-0.4, -0.2) is 37.8 Å². The average Bonchev–Trinajstić information content (AvgIpc) is 3.06. The minimum Gasteiger partial charge on any atom is -0.494 e. The number of carbonyl (C=O) groups excluding carboxylic acids is 1. The average molecular weight is 345 g/mol. The zero-order chi connectivity index (χ0) is 17.9. The normalized spacial score (nSPS) is 16.8. The van der Waals surface area contributed by atoms with Crippen molar-refractivity contribution in [3.05, 3.63) is 21.5 Å². The lowest BCUT2D eigenvalue weighted by atomic mass is 9.96. The lowest BCUT2D eigenvalue weighted by Gasteiger charge is -2.23. The van der Waals surface area contributed by atoms with Gasteiger partial charge in [0.1, 0.15) is 5.65 Å². The monoisotopic (exact) mass is 345 g/mol. The first kappa shape index (κ1) is 16.0. The van der Waals surface area contributed by atoms with Gasteiger partial charge in [0.25, 0.3) is 11.5 Å². The summed E-state index contributed by atoms with van der Waals surface area (Å²) in [6.07, 6.45) is 2.55. The van der Waals surface area contributed by atoms with Crippen LogP contribution in [0, 0.1) is 5.41 Å². The highest BCUT2D eigenvalue weighted by Crippen LogP contribution is 2.31. The van der Waals surface area contributed by atoms with E-state index in [-0.39, 0.29) is 22.9 Å². The van der Waals surface area contributed by atoms with E-state index in [0.29, 0.717) is 18.0 Å². The van der Waals surface area contributed by atoms with Crippen molar-refractivity contribution in [1.29, 1.82) is 0 Å². The summed E-state index contributed by atoms with van der Waals surface area (Å²) < 4.78 is 2.91. The number of rotatable bonds is 3. The molecule has 0 atom stereocenters. The number of amides is 1. The molecule has 25 heavy (non-hydrogen) atoms. The number of aromatic hydroxyl groups is 1. The molecule has 134 valence electrons. The van der Waals surface area contributed by atoms with Crippen LogP contribution in [0.2, 0.25) is 0 Å². The Labute approximate surface area is 144 Å². The molecule has 0 spiro atoms. The Morgan fingerprint density at radius 1 is 1.40 bits per heavy atom. The molecule has 8 nitrogen and oxygen atoms in total. The van der Waals surface area contributed by atoms with E-state index in [1.165, 1.54) is 4.52 Å². The van der Waals surface area contributed by atoms with Crippen LogP contribution in [0.15, 0.2) is 4.79 Å². The van der Waals surface area contributed by atoms with Gasteiger partial charge < -0.3 is 15.7 Å². The minimum absolute atomic E-state index is 0.0994. The Bertz CT molecular complexity index is 931. The molecular weight excluding hydrogens is 322 g/mol. The molecular formula is C17H23N5O3. The maximum atomic E-state index is 12.9. The fourth-order valence-corrected chi connectivity index (χ4v) is 3.28. The number of nitrogens with zero attached hydrogens (tertiary/aromatic N) is 3. The second-order valence-electron chi connectivity index (χ2n) is 8.14. The third-order valence-electron chi connectivity index (χ3n) is 4.54. The Balaban J connectivity index is 1.97. The standard InChI is InChI=1S/C17H23N5O3/c1-17(2,3)8-21-14-10-6-7-18-12(10)20-22(14)16(25)11(15(21)24)13(23)19-9-4-5-9/h9,24H,4-8H2,1-3H3,(H,18,20)(H,19,23). The van der Waals surface area contributed by atoms with Gasteiger partial charge in [-0.15, -0.1) is 5.10 Å². The van der Waals surface area contributed by atoms with E-state index >= 15 is 0 Å². The highest BCUT2D eigenvalue weighted by Gasteiger charge is 2.32. The first-order valence-electron chi connectivity index (χ1n) is 8.68. The van der Waals surface area contributed by atoms with Crippen LogP contribution in [0.4, 0.5) is 5.82 Å². The summed E-state index contributed by atoms with van der Waals surface area (Å²) in [5, 5.41) is 21.1. The maximum absolute atomic E-state index is 12.9. The Morgan fingerprint density at radius 3 is 2.76 bits per heavy atom. The molecule has 2 aromatic rings. The van der Waals surface area contributed by atoms with Crippen molar-refractivity contribution in [1.82, 2.24) is 19.5 Å². The number of fused-ring (bicyclic) bond motifs is 3. The molecule has 0 bridgehead atoms. The van der Waals surface area contributed by atoms with E-state index in [2.05, 4.69) is 15.7 Å². The van der Waals surface area contributed by atoms with E-state index in [1.54, 1.807) is 4.57 Å². The lowest BCUT2D eigenvalue weighted by molar-refractivity contribution is 0.0944. The van der Waals surface area contributed by atoms with Crippen LogP contribution >= 0.6 is 0 Å². The summed E-state index contributed by atoms with van der Waals surface area (Å²) in [5.74, 6) is -0.155. The molecule has 3 N–H and O–H groups in total. The van der Waals surface area contributed by atoms with Crippen LogP contribution in [0.1, 0.15) is 49.5 Å². The van der Waals surface area contributed by atoms with Gasteiger partial charge in [-0.3, -0.25) is 14.2 Å². The van der Waals surface area contributed by atoms with E-state index in [0.717, 1.165) is 31.4 Å². The number of carbonyl (C=O) groups is 1. The summed E-state index contributed by atoms with van der Waals surface area (Å²) in [4.78, 5) is 25.4. The van der Waals surface area contributed by atoms with Gasteiger partial charge in [-0.1, -0.05) is 20.8 Å². The Hall–Kier alpha value is -2.51. The van der Waals surface area contributed by atoms with Crippen molar-refractivity contribution < 1.29 is 9.90 Å². The van der Waals surface area contributed by atoms with Crippen molar-refractivity contribution in [3.63, 3.8) is 0 Å².